The third-order valence-electron chi connectivity index (χ3n) is 4.11. The number of hydrogen-bond acceptors (Lipinski definition) is 8. The Hall–Kier alpha value is -3.82. The topological polar surface area (TPSA) is 117 Å². The van der Waals surface area contributed by atoms with Crippen LogP contribution in [0, 0.1) is 5.82 Å². The molecule has 0 aliphatic carbocycles. The van der Waals surface area contributed by atoms with Crippen LogP contribution in [-0.4, -0.2) is 36.6 Å². The Morgan fingerprint density at radius 3 is 2.79 bits per heavy atom. The standard InChI is InChI=1S/C18H17FN8O/c1-3-27-15(12-6-7-21-17(20)25-12)24-13-9-22-18(26-16(13)27)23-10-4-5-11(19)14(8-10)28-2/h4-9H,3H2,1-2H3,(H2,20,21,25)(H,22,23,26). The van der Waals surface area contributed by atoms with Crippen molar-refractivity contribution in [3.63, 3.8) is 0 Å². The Balaban J connectivity index is 1.74. The fraction of sp³-hybridized carbons (Fsp3) is 0.167. The van der Waals surface area contributed by atoms with Gasteiger partial charge in [0.2, 0.25) is 11.9 Å². The SMILES string of the molecule is CCn1c(-c2ccnc(N)n2)nc2cnc(Nc3ccc(F)c(OC)c3)nc21. The lowest BCUT2D eigenvalue weighted by molar-refractivity contribution is 0.387. The van der Waals surface area contributed by atoms with Crippen LogP contribution in [-0.2, 0) is 6.54 Å². The maximum absolute atomic E-state index is 13.6. The van der Waals surface area contributed by atoms with E-state index in [4.69, 9.17) is 10.5 Å². The number of rotatable bonds is 5. The van der Waals surface area contributed by atoms with Gasteiger partial charge in [0, 0.05) is 24.5 Å². The summed E-state index contributed by atoms with van der Waals surface area (Å²) in [6.45, 7) is 2.60. The first-order valence-electron chi connectivity index (χ1n) is 8.51. The van der Waals surface area contributed by atoms with E-state index in [1.165, 1.54) is 19.2 Å². The van der Waals surface area contributed by atoms with Gasteiger partial charge < -0.3 is 20.4 Å². The summed E-state index contributed by atoms with van der Waals surface area (Å²) in [7, 11) is 1.41. The van der Waals surface area contributed by atoms with Crippen molar-refractivity contribution in [3.05, 3.63) is 42.5 Å². The summed E-state index contributed by atoms with van der Waals surface area (Å²) in [4.78, 5) is 21.6. The predicted molar refractivity (Wildman–Crippen MR) is 103 cm³/mol. The highest BCUT2D eigenvalue weighted by atomic mass is 19.1. The summed E-state index contributed by atoms with van der Waals surface area (Å²) in [5.74, 6) is 0.840. The van der Waals surface area contributed by atoms with Crippen LogP contribution in [0.3, 0.4) is 0 Å². The van der Waals surface area contributed by atoms with Gasteiger partial charge in [-0.05, 0) is 25.1 Å². The van der Waals surface area contributed by atoms with Gasteiger partial charge in [0.15, 0.2) is 23.0 Å². The van der Waals surface area contributed by atoms with Crippen molar-refractivity contribution in [2.24, 2.45) is 0 Å². The second-order valence-corrected chi connectivity index (χ2v) is 5.86. The fourth-order valence-electron chi connectivity index (χ4n) is 2.84. The lowest BCUT2D eigenvalue weighted by atomic mass is 10.3. The molecule has 1 aromatic carbocycles. The van der Waals surface area contributed by atoms with Crippen molar-refractivity contribution >= 4 is 28.7 Å². The van der Waals surface area contributed by atoms with Gasteiger partial charge in [-0.1, -0.05) is 0 Å². The van der Waals surface area contributed by atoms with E-state index in [1.807, 2.05) is 11.5 Å². The summed E-state index contributed by atoms with van der Waals surface area (Å²) < 4.78 is 20.5. The monoisotopic (exact) mass is 380 g/mol. The second kappa shape index (κ2) is 7.06. The molecular weight excluding hydrogens is 363 g/mol. The zero-order valence-electron chi connectivity index (χ0n) is 15.2. The number of methoxy groups -OCH3 is 1. The van der Waals surface area contributed by atoms with E-state index in [0.717, 1.165) is 0 Å². The molecule has 0 atom stereocenters. The number of nitrogens with one attached hydrogen (secondary N) is 1. The van der Waals surface area contributed by atoms with Gasteiger partial charge in [-0.25, -0.2) is 24.3 Å². The number of ether oxygens (including phenoxy) is 1. The maximum atomic E-state index is 13.6. The zero-order chi connectivity index (χ0) is 19.7. The van der Waals surface area contributed by atoms with E-state index in [-0.39, 0.29) is 11.7 Å². The molecule has 28 heavy (non-hydrogen) atoms. The average Bonchev–Trinajstić information content (AvgIpc) is 3.07. The first kappa shape index (κ1) is 17.6. The van der Waals surface area contributed by atoms with Crippen molar-refractivity contribution in [2.75, 3.05) is 18.2 Å². The molecule has 3 heterocycles. The highest BCUT2D eigenvalue weighted by molar-refractivity contribution is 5.77. The molecule has 0 radical (unpaired) electrons. The van der Waals surface area contributed by atoms with Gasteiger partial charge in [-0.2, -0.15) is 4.98 Å². The Bertz CT molecular complexity index is 1160. The number of aromatic nitrogens is 6. The number of halogens is 1. The number of nitrogens with zero attached hydrogens (tertiary/aromatic N) is 6. The van der Waals surface area contributed by atoms with Crippen molar-refractivity contribution in [1.29, 1.82) is 0 Å². The van der Waals surface area contributed by atoms with Gasteiger partial charge >= 0.3 is 0 Å². The van der Waals surface area contributed by atoms with Crippen LogP contribution in [0.1, 0.15) is 6.92 Å². The molecule has 10 heteroatoms. The quantitative estimate of drug-likeness (QED) is 0.543. The van der Waals surface area contributed by atoms with Gasteiger partial charge in [0.1, 0.15) is 11.2 Å². The number of hydrogen-bond donors (Lipinski definition) is 2. The lowest BCUT2D eigenvalue weighted by Crippen LogP contribution is -2.03. The lowest BCUT2D eigenvalue weighted by Gasteiger charge is -2.08. The van der Waals surface area contributed by atoms with Crippen LogP contribution in [0.15, 0.2) is 36.7 Å². The molecule has 0 spiro atoms. The van der Waals surface area contributed by atoms with E-state index in [0.29, 0.717) is 40.9 Å². The summed E-state index contributed by atoms with van der Waals surface area (Å²) in [5, 5.41) is 3.05. The third-order valence-corrected chi connectivity index (χ3v) is 4.11. The van der Waals surface area contributed by atoms with E-state index in [1.54, 1.807) is 24.5 Å². The summed E-state index contributed by atoms with van der Waals surface area (Å²) >= 11 is 0. The molecule has 9 nitrogen and oxygen atoms in total. The number of anilines is 3. The van der Waals surface area contributed by atoms with Crippen molar-refractivity contribution in [2.45, 2.75) is 13.5 Å². The van der Waals surface area contributed by atoms with Crippen LogP contribution >= 0.6 is 0 Å². The van der Waals surface area contributed by atoms with Crippen molar-refractivity contribution in [3.8, 4) is 17.3 Å². The second-order valence-electron chi connectivity index (χ2n) is 5.86. The molecule has 0 saturated heterocycles. The molecule has 0 unspecified atom stereocenters. The summed E-state index contributed by atoms with van der Waals surface area (Å²) in [6.07, 6.45) is 3.20. The number of nitrogen functional groups attached to an aromatic ring is 1. The highest BCUT2D eigenvalue weighted by Gasteiger charge is 2.15. The first-order chi connectivity index (χ1) is 13.6. The highest BCUT2D eigenvalue weighted by Crippen LogP contribution is 2.26. The molecule has 0 aliphatic heterocycles. The normalized spacial score (nSPS) is 11.0. The molecule has 3 N–H and O–H groups in total. The molecule has 0 saturated carbocycles. The minimum atomic E-state index is -0.442. The van der Waals surface area contributed by atoms with Crippen LogP contribution in [0.2, 0.25) is 0 Å². The molecule has 142 valence electrons. The minimum Gasteiger partial charge on any atom is -0.494 e. The molecule has 3 aromatic heterocycles. The number of fused-ring (bicyclic) bond motifs is 1. The summed E-state index contributed by atoms with van der Waals surface area (Å²) in [5.41, 5.74) is 8.16. The van der Waals surface area contributed by atoms with E-state index >= 15 is 0 Å². The number of aryl methyl sites for hydroxylation is 1. The predicted octanol–water partition coefficient (Wildman–Crippen LogP) is 2.78. The average molecular weight is 380 g/mol. The van der Waals surface area contributed by atoms with E-state index < -0.39 is 5.82 Å². The Labute approximate surface area is 159 Å². The Kier molecular flexibility index (Phi) is 4.44. The van der Waals surface area contributed by atoms with Gasteiger partial charge in [-0.3, -0.25) is 0 Å². The van der Waals surface area contributed by atoms with Crippen LogP contribution < -0.4 is 15.8 Å². The zero-order valence-corrected chi connectivity index (χ0v) is 15.2. The third kappa shape index (κ3) is 3.15. The van der Waals surface area contributed by atoms with Gasteiger partial charge in [0.05, 0.1) is 13.3 Å². The maximum Gasteiger partial charge on any atom is 0.229 e. The van der Waals surface area contributed by atoms with Gasteiger partial charge in [0.25, 0.3) is 0 Å². The molecule has 0 amide bonds. The van der Waals surface area contributed by atoms with E-state index in [9.17, 15) is 4.39 Å². The number of imidazole rings is 1. The molecule has 0 bridgehead atoms. The minimum absolute atomic E-state index is 0.133. The fourth-order valence-corrected chi connectivity index (χ4v) is 2.84. The van der Waals surface area contributed by atoms with Crippen LogP contribution in [0.4, 0.5) is 22.0 Å². The van der Waals surface area contributed by atoms with Crippen molar-refractivity contribution < 1.29 is 9.13 Å². The Morgan fingerprint density at radius 2 is 2.04 bits per heavy atom. The largest absolute Gasteiger partial charge is 0.494 e. The van der Waals surface area contributed by atoms with Gasteiger partial charge in [-0.15, -0.1) is 0 Å². The molecule has 4 rings (SSSR count). The molecular formula is C18H17FN8O. The van der Waals surface area contributed by atoms with Crippen LogP contribution in [0.25, 0.3) is 22.7 Å². The van der Waals surface area contributed by atoms with E-state index in [2.05, 4.69) is 30.2 Å². The number of benzene rings is 1. The Morgan fingerprint density at radius 1 is 1.18 bits per heavy atom. The molecule has 0 aliphatic rings. The molecule has 0 fully saturated rings. The van der Waals surface area contributed by atoms with Crippen molar-refractivity contribution in [1.82, 2.24) is 29.5 Å². The number of nitrogens with two attached hydrogens (primary N) is 1. The summed E-state index contributed by atoms with van der Waals surface area (Å²) in [6, 6.07) is 6.17. The first-order valence-corrected chi connectivity index (χ1v) is 8.51. The smallest absolute Gasteiger partial charge is 0.229 e. The molecule has 4 aromatic rings. The van der Waals surface area contributed by atoms with Crippen LogP contribution in [0.5, 0.6) is 5.75 Å².